The Labute approximate surface area is 134 Å². The number of halogens is 3. The number of rotatable bonds is 3. The van der Waals surface area contributed by atoms with Crippen LogP contribution in [0.5, 0.6) is 0 Å². The minimum Gasteiger partial charge on any atom is -0.340 e. The van der Waals surface area contributed by atoms with Crippen LogP contribution < -0.4 is 5.32 Å². The summed E-state index contributed by atoms with van der Waals surface area (Å²) in [7, 11) is 1.83. The molecular formula is C16H12BrF2N3. The molecule has 112 valence electrons. The van der Waals surface area contributed by atoms with Crippen molar-refractivity contribution in [3.8, 4) is 11.1 Å². The fourth-order valence-electron chi connectivity index (χ4n) is 2.15. The summed E-state index contributed by atoms with van der Waals surface area (Å²) in [6.07, 6.45) is 1.70. The van der Waals surface area contributed by atoms with E-state index in [0.29, 0.717) is 5.56 Å². The highest BCUT2D eigenvalue weighted by Gasteiger charge is 2.07. The third-order valence-electron chi connectivity index (χ3n) is 3.24. The number of nitrogens with zero attached hydrogens (tertiary/aromatic N) is 2. The number of hydrogen-bond donors (Lipinski definition) is 1. The van der Waals surface area contributed by atoms with Crippen LogP contribution in [0.4, 0.5) is 20.3 Å². The van der Waals surface area contributed by atoms with Gasteiger partial charge in [0.05, 0.1) is 10.7 Å². The fraction of sp³-hybridized carbons (Fsp3) is 0.0625. The van der Waals surface area contributed by atoms with Gasteiger partial charge in [0.2, 0.25) is 0 Å². The summed E-state index contributed by atoms with van der Waals surface area (Å²) >= 11 is 3.41. The second-order valence-electron chi connectivity index (χ2n) is 4.83. The highest BCUT2D eigenvalue weighted by atomic mass is 79.9. The molecule has 6 heteroatoms. The van der Waals surface area contributed by atoms with Gasteiger partial charge >= 0.3 is 0 Å². The topological polar surface area (TPSA) is 29.9 Å². The summed E-state index contributed by atoms with van der Waals surface area (Å²) in [6.45, 7) is 0. The summed E-state index contributed by atoms with van der Waals surface area (Å²) in [6, 6.07) is 10.8. The third kappa shape index (κ3) is 3.01. The van der Waals surface area contributed by atoms with E-state index < -0.39 is 11.6 Å². The van der Waals surface area contributed by atoms with Crippen molar-refractivity contribution in [2.75, 3.05) is 5.32 Å². The Bertz CT molecular complexity index is 773. The van der Waals surface area contributed by atoms with Gasteiger partial charge in [0.25, 0.3) is 0 Å². The Morgan fingerprint density at radius 2 is 1.64 bits per heavy atom. The molecule has 0 aliphatic carbocycles. The molecule has 0 aliphatic rings. The molecule has 3 aromatic rings. The molecule has 3 rings (SSSR count). The van der Waals surface area contributed by atoms with Crippen LogP contribution in [0.3, 0.4) is 0 Å². The van der Waals surface area contributed by atoms with Crippen molar-refractivity contribution in [3.05, 3.63) is 64.8 Å². The van der Waals surface area contributed by atoms with Gasteiger partial charge in [0.1, 0.15) is 17.5 Å². The largest absolute Gasteiger partial charge is 0.340 e. The summed E-state index contributed by atoms with van der Waals surface area (Å²) in [4.78, 5) is 0. The number of aryl methyl sites for hydroxylation is 1. The molecule has 0 amide bonds. The van der Waals surface area contributed by atoms with Crippen LogP contribution in [0.25, 0.3) is 11.1 Å². The minimum absolute atomic E-state index is 0.505. The predicted molar refractivity (Wildman–Crippen MR) is 86.0 cm³/mol. The van der Waals surface area contributed by atoms with Gasteiger partial charge < -0.3 is 5.32 Å². The van der Waals surface area contributed by atoms with Gasteiger partial charge in [0, 0.05) is 18.8 Å². The first-order valence-electron chi connectivity index (χ1n) is 6.54. The first-order chi connectivity index (χ1) is 10.5. The van der Waals surface area contributed by atoms with E-state index in [4.69, 9.17) is 0 Å². The molecule has 1 heterocycles. The molecule has 0 saturated carbocycles. The zero-order chi connectivity index (χ0) is 15.7. The van der Waals surface area contributed by atoms with E-state index in [1.165, 1.54) is 12.1 Å². The Morgan fingerprint density at radius 1 is 1.00 bits per heavy atom. The minimum atomic E-state index is -0.587. The maximum absolute atomic E-state index is 13.3. The van der Waals surface area contributed by atoms with Crippen LogP contribution in [0.15, 0.2) is 53.1 Å². The molecule has 0 unspecified atom stereocenters. The lowest BCUT2D eigenvalue weighted by Gasteiger charge is -2.09. The maximum atomic E-state index is 13.3. The SMILES string of the molecule is Cn1ncc(Br)c1Nc1ccc(-c2cc(F)cc(F)c2)cc1. The Hall–Kier alpha value is -2.21. The normalized spacial score (nSPS) is 10.7. The van der Waals surface area contributed by atoms with Gasteiger partial charge in [-0.2, -0.15) is 5.10 Å². The average molecular weight is 364 g/mol. The molecule has 1 N–H and O–H groups in total. The van der Waals surface area contributed by atoms with Crippen molar-refractivity contribution < 1.29 is 8.78 Å². The highest BCUT2D eigenvalue weighted by molar-refractivity contribution is 9.10. The van der Waals surface area contributed by atoms with Gasteiger partial charge in [-0.1, -0.05) is 12.1 Å². The summed E-state index contributed by atoms with van der Waals surface area (Å²) in [5, 5.41) is 7.35. The van der Waals surface area contributed by atoms with E-state index in [9.17, 15) is 8.78 Å². The Kier molecular flexibility index (Phi) is 3.94. The molecule has 1 aromatic heterocycles. The number of hydrogen-bond acceptors (Lipinski definition) is 2. The van der Waals surface area contributed by atoms with Gasteiger partial charge in [-0.3, -0.25) is 4.68 Å². The Morgan fingerprint density at radius 3 is 2.18 bits per heavy atom. The zero-order valence-corrected chi connectivity index (χ0v) is 13.2. The van der Waals surface area contributed by atoms with Crippen LogP contribution >= 0.6 is 15.9 Å². The lowest BCUT2D eigenvalue weighted by molar-refractivity contribution is 0.584. The molecule has 0 fully saturated rings. The summed E-state index contributed by atoms with van der Waals surface area (Å²) < 4.78 is 29.1. The molecule has 0 aliphatic heterocycles. The van der Waals surface area contributed by atoms with E-state index in [1.54, 1.807) is 23.0 Å². The van der Waals surface area contributed by atoms with Crippen molar-refractivity contribution in [1.29, 1.82) is 0 Å². The van der Waals surface area contributed by atoms with E-state index in [-0.39, 0.29) is 0 Å². The maximum Gasteiger partial charge on any atom is 0.142 e. The van der Waals surface area contributed by atoms with Crippen molar-refractivity contribution in [2.24, 2.45) is 7.05 Å². The molecule has 3 nitrogen and oxygen atoms in total. The summed E-state index contributed by atoms with van der Waals surface area (Å²) in [5.74, 6) is -0.350. The fourth-order valence-corrected chi connectivity index (χ4v) is 2.60. The van der Waals surface area contributed by atoms with E-state index >= 15 is 0 Å². The quantitative estimate of drug-likeness (QED) is 0.719. The first-order valence-corrected chi connectivity index (χ1v) is 7.33. The zero-order valence-electron chi connectivity index (χ0n) is 11.6. The molecule has 0 radical (unpaired) electrons. The molecule has 0 spiro atoms. The summed E-state index contributed by atoms with van der Waals surface area (Å²) in [5.41, 5.74) is 2.10. The third-order valence-corrected chi connectivity index (χ3v) is 3.82. The van der Waals surface area contributed by atoms with E-state index in [1.807, 2.05) is 19.2 Å². The predicted octanol–water partition coefficient (Wildman–Crippen LogP) is 4.87. The van der Waals surface area contributed by atoms with Crippen molar-refractivity contribution in [3.63, 3.8) is 0 Å². The second-order valence-corrected chi connectivity index (χ2v) is 5.68. The lowest BCUT2D eigenvalue weighted by atomic mass is 10.1. The molecule has 0 atom stereocenters. The number of anilines is 2. The number of benzene rings is 2. The van der Waals surface area contributed by atoms with Crippen LogP contribution in [-0.4, -0.2) is 9.78 Å². The van der Waals surface area contributed by atoms with E-state index in [0.717, 1.165) is 27.6 Å². The second kappa shape index (κ2) is 5.88. The smallest absolute Gasteiger partial charge is 0.142 e. The first kappa shape index (κ1) is 14.7. The molecule has 2 aromatic carbocycles. The number of aromatic nitrogens is 2. The highest BCUT2D eigenvalue weighted by Crippen LogP contribution is 2.27. The monoisotopic (exact) mass is 363 g/mol. The molecule has 22 heavy (non-hydrogen) atoms. The van der Waals surface area contributed by atoms with Gasteiger partial charge in [-0.15, -0.1) is 0 Å². The Balaban J connectivity index is 1.86. The average Bonchev–Trinajstić information content (AvgIpc) is 2.79. The van der Waals surface area contributed by atoms with Crippen LogP contribution in [0, 0.1) is 11.6 Å². The number of nitrogens with one attached hydrogen (secondary N) is 1. The van der Waals surface area contributed by atoms with Gasteiger partial charge in [0.15, 0.2) is 0 Å². The van der Waals surface area contributed by atoms with Crippen LogP contribution in [0.1, 0.15) is 0 Å². The molecule has 0 bridgehead atoms. The van der Waals surface area contributed by atoms with E-state index in [2.05, 4.69) is 26.3 Å². The van der Waals surface area contributed by atoms with Gasteiger partial charge in [-0.05, 0) is 51.3 Å². The standard InChI is InChI=1S/C16H12BrF2N3/c1-22-16(15(17)9-20-22)21-14-4-2-10(3-5-14)11-6-12(18)8-13(19)7-11/h2-9,21H,1H3. The van der Waals surface area contributed by atoms with Gasteiger partial charge in [-0.25, -0.2) is 8.78 Å². The van der Waals surface area contributed by atoms with Crippen LogP contribution in [-0.2, 0) is 7.05 Å². The molecule has 0 saturated heterocycles. The van der Waals surface area contributed by atoms with Crippen molar-refractivity contribution >= 4 is 27.4 Å². The lowest BCUT2D eigenvalue weighted by Crippen LogP contribution is -1.99. The van der Waals surface area contributed by atoms with Crippen molar-refractivity contribution in [1.82, 2.24) is 9.78 Å². The van der Waals surface area contributed by atoms with Crippen LogP contribution in [0.2, 0.25) is 0 Å². The van der Waals surface area contributed by atoms with Crippen molar-refractivity contribution in [2.45, 2.75) is 0 Å². The molecular weight excluding hydrogens is 352 g/mol.